The number of hydrogen-bond acceptors (Lipinski definition) is 3. The highest BCUT2D eigenvalue weighted by molar-refractivity contribution is 5.92. The third-order valence-electron chi connectivity index (χ3n) is 3.93. The Bertz CT molecular complexity index is 432. The molecule has 0 spiro atoms. The lowest BCUT2D eigenvalue weighted by Crippen LogP contribution is -2.22. The van der Waals surface area contributed by atoms with Crippen molar-refractivity contribution < 1.29 is 19.4 Å². The number of allylic oxidation sites excluding steroid dienone is 3. The number of esters is 1. The fourth-order valence-corrected chi connectivity index (χ4v) is 2.74. The zero-order valence-electron chi connectivity index (χ0n) is 12.7. The maximum Gasteiger partial charge on any atom is 0.331 e. The molecule has 4 heteroatoms. The Morgan fingerprint density at radius 1 is 1.50 bits per heavy atom. The molecule has 0 aromatic rings. The standard InChI is InChI=1S/C16H24O4/c1-10(2)14-6-5-11(3)7-12(14)8-13(16(18)19)9-15(17)20-4/h7-8,10,12,14H,5-6,9H2,1-4H3,(H,18,19)/b13-8+/t12-,14-/m0/s1. The van der Waals surface area contributed by atoms with Gasteiger partial charge in [0.05, 0.1) is 13.5 Å². The van der Waals surface area contributed by atoms with Gasteiger partial charge in [0.2, 0.25) is 0 Å². The monoisotopic (exact) mass is 280 g/mol. The molecule has 1 N–H and O–H groups in total. The molecule has 4 nitrogen and oxygen atoms in total. The van der Waals surface area contributed by atoms with Crippen LogP contribution in [0, 0.1) is 17.8 Å². The van der Waals surface area contributed by atoms with Gasteiger partial charge < -0.3 is 9.84 Å². The molecule has 112 valence electrons. The van der Waals surface area contributed by atoms with Crippen molar-refractivity contribution in [3.05, 3.63) is 23.3 Å². The third-order valence-corrected chi connectivity index (χ3v) is 3.93. The van der Waals surface area contributed by atoms with E-state index in [1.54, 1.807) is 6.08 Å². The molecule has 1 aliphatic rings. The van der Waals surface area contributed by atoms with E-state index in [-0.39, 0.29) is 17.9 Å². The molecule has 0 bridgehead atoms. The Kier molecular flexibility index (Phi) is 5.99. The van der Waals surface area contributed by atoms with Crippen molar-refractivity contribution in [2.45, 2.75) is 40.0 Å². The van der Waals surface area contributed by atoms with E-state index < -0.39 is 11.9 Å². The van der Waals surface area contributed by atoms with Gasteiger partial charge in [0.1, 0.15) is 0 Å². The summed E-state index contributed by atoms with van der Waals surface area (Å²) in [4.78, 5) is 22.6. The van der Waals surface area contributed by atoms with Gasteiger partial charge in [-0.1, -0.05) is 31.6 Å². The molecule has 2 atom stereocenters. The molecule has 1 rings (SSSR count). The molecule has 0 aliphatic heterocycles. The SMILES string of the molecule is COC(=O)C/C(=C\[C@@H]1C=C(C)CC[C@H]1C(C)C)C(=O)O. The van der Waals surface area contributed by atoms with Gasteiger partial charge >= 0.3 is 11.9 Å². The van der Waals surface area contributed by atoms with Crippen LogP contribution in [0.2, 0.25) is 0 Å². The van der Waals surface area contributed by atoms with E-state index >= 15 is 0 Å². The summed E-state index contributed by atoms with van der Waals surface area (Å²) in [6.45, 7) is 6.37. The number of ether oxygens (including phenoxy) is 1. The number of carboxylic acids is 1. The molecule has 0 saturated carbocycles. The van der Waals surface area contributed by atoms with Crippen LogP contribution in [0.3, 0.4) is 0 Å². The van der Waals surface area contributed by atoms with E-state index in [0.717, 1.165) is 12.8 Å². The topological polar surface area (TPSA) is 63.6 Å². The predicted octanol–water partition coefficient (Wildman–Crippen LogP) is 3.19. The first kappa shape index (κ1) is 16.5. The second-order valence-corrected chi connectivity index (χ2v) is 5.79. The molecule has 1 aliphatic carbocycles. The number of carboxylic acid groups (broad SMARTS) is 1. The molecule has 0 fully saturated rings. The minimum absolute atomic E-state index is 0.0829. The van der Waals surface area contributed by atoms with Crippen LogP contribution in [0.15, 0.2) is 23.3 Å². The van der Waals surface area contributed by atoms with Crippen LogP contribution < -0.4 is 0 Å². The summed E-state index contributed by atoms with van der Waals surface area (Å²) < 4.78 is 4.56. The second kappa shape index (κ2) is 7.27. The van der Waals surface area contributed by atoms with Gasteiger partial charge in [-0.15, -0.1) is 0 Å². The minimum Gasteiger partial charge on any atom is -0.478 e. The van der Waals surface area contributed by atoms with Crippen LogP contribution in [-0.4, -0.2) is 24.2 Å². The normalized spacial score (nSPS) is 23.4. The molecule has 0 aromatic heterocycles. The van der Waals surface area contributed by atoms with Gasteiger partial charge in [-0.2, -0.15) is 0 Å². The van der Waals surface area contributed by atoms with E-state index in [0.29, 0.717) is 11.8 Å². The van der Waals surface area contributed by atoms with Crippen molar-refractivity contribution in [2.75, 3.05) is 7.11 Å². The number of rotatable bonds is 5. The summed E-state index contributed by atoms with van der Waals surface area (Å²) in [5.41, 5.74) is 1.41. The lowest BCUT2D eigenvalue weighted by molar-refractivity contribution is -0.142. The highest BCUT2D eigenvalue weighted by Gasteiger charge is 2.26. The van der Waals surface area contributed by atoms with Crippen LogP contribution in [0.25, 0.3) is 0 Å². The van der Waals surface area contributed by atoms with Gasteiger partial charge in [-0.05, 0) is 37.5 Å². The first-order valence-corrected chi connectivity index (χ1v) is 7.03. The maximum absolute atomic E-state index is 11.3. The molecule has 20 heavy (non-hydrogen) atoms. The smallest absolute Gasteiger partial charge is 0.331 e. The summed E-state index contributed by atoms with van der Waals surface area (Å²) >= 11 is 0. The quantitative estimate of drug-likeness (QED) is 0.477. The van der Waals surface area contributed by atoms with E-state index in [1.165, 1.54) is 12.7 Å². The first-order chi connectivity index (χ1) is 9.35. The average Bonchev–Trinajstić information content (AvgIpc) is 2.37. The van der Waals surface area contributed by atoms with Gasteiger partial charge in [0.15, 0.2) is 0 Å². The number of methoxy groups -OCH3 is 1. The van der Waals surface area contributed by atoms with Crippen LogP contribution in [0.4, 0.5) is 0 Å². The van der Waals surface area contributed by atoms with Crippen LogP contribution in [-0.2, 0) is 14.3 Å². The molecular weight excluding hydrogens is 256 g/mol. The largest absolute Gasteiger partial charge is 0.478 e. The second-order valence-electron chi connectivity index (χ2n) is 5.79. The van der Waals surface area contributed by atoms with Crippen molar-refractivity contribution in [2.24, 2.45) is 17.8 Å². The van der Waals surface area contributed by atoms with Crippen LogP contribution >= 0.6 is 0 Å². The molecule has 0 amide bonds. The summed E-state index contributed by atoms with van der Waals surface area (Å²) in [7, 11) is 1.27. The summed E-state index contributed by atoms with van der Waals surface area (Å²) in [5.74, 6) is -0.579. The third kappa shape index (κ3) is 4.51. The minimum atomic E-state index is -1.05. The predicted molar refractivity (Wildman–Crippen MR) is 77.2 cm³/mol. The van der Waals surface area contributed by atoms with Gasteiger partial charge in [0.25, 0.3) is 0 Å². The molecular formula is C16H24O4. The van der Waals surface area contributed by atoms with Crippen LogP contribution in [0.1, 0.15) is 40.0 Å². The Morgan fingerprint density at radius 2 is 2.15 bits per heavy atom. The summed E-state index contributed by atoms with van der Waals surface area (Å²) in [6.07, 6.45) is 5.81. The molecule has 0 heterocycles. The highest BCUT2D eigenvalue weighted by Crippen LogP contribution is 2.35. The van der Waals surface area contributed by atoms with Gasteiger partial charge in [-0.25, -0.2) is 4.79 Å². The van der Waals surface area contributed by atoms with E-state index in [1.807, 2.05) is 0 Å². The van der Waals surface area contributed by atoms with Crippen molar-refractivity contribution in [3.63, 3.8) is 0 Å². The van der Waals surface area contributed by atoms with E-state index in [4.69, 9.17) is 0 Å². The Balaban J connectivity index is 3.02. The average molecular weight is 280 g/mol. The lowest BCUT2D eigenvalue weighted by Gasteiger charge is -2.31. The molecule has 0 aromatic carbocycles. The zero-order chi connectivity index (χ0) is 15.3. The van der Waals surface area contributed by atoms with Crippen LogP contribution in [0.5, 0.6) is 0 Å². The fourth-order valence-electron chi connectivity index (χ4n) is 2.74. The lowest BCUT2D eigenvalue weighted by atomic mass is 9.74. The molecule has 0 unspecified atom stereocenters. The molecule has 0 saturated heterocycles. The number of carbonyl (C=O) groups excluding carboxylic acids is 1. The number of hydrogen-bond donors (Lipinski definition) is 1. The Morgan fingerprint density at radius 3 is 2.65 bits per heavy atom. The van der Waals surface area contributed by atoms with Crippen molar-refractivity contribution >= 4 is 11.9 Å². The number of aliphatic carboxylic acids is 1. The fraction of sp³-hybridized carbons (Fsp3) is 0.625. The molecule has 0 radical (unpaired) electrons. The summed E-state index contributed by atoms with van der Waals surface area (Å²) in [6, 6.07) is 0. The maximum atomic E-state index is 11.3. The van der Waals surface area contributed by atoms with Crippen molar-refractivity contribution in [3.8, 4) is 0 Å². The van der Waals surface area contributed by atoms with Gasteiger partial charge in [-0.3, -0.25) is 4.79 Å². The number of carbonyl (C=O) groups is 2. The summed E-state index contributed by atoms with van der Waals surface area (Å²) in [5, 5.41) is 9.24. The Labute approximate surface area is 120 Å². The van der Waals surface area contributed by atoms with E-state index in [2.05, 4.69) is 31.6 Å². The van der Waals surface area contributed by atoms with Crippen molar-refractivity contribution in [1.82, 2.24) is 0 Å². The van der Waals surface area contributed by atoms with E-state index in [9.17, 15) is 14.7 Å². The van der Waals surface area contributed by atoms with Crippen molar-refractivity contribution in [1.29, 1.82) is 0 Å². The zero-order valence-corrected chi connectivity index (χ0v) is 12.7. The first-order valence-electron chi connectivity index (χ1n) is 7.03. The highest BCUT2D eigenvalue weighted by atomic mass is 16.5. The Hall–Kier alpha value is -1.58. The van der Waals surface area contributed by atoms with Gasteiger partial charge in [0, 0.05) is 5.57 Å².